The van der Waals surface area contributed by atoms with E-state index >= 15 is 0 Å². The number of aliphatic hydroxyl groups excluding tert-OH is 2. The summed E-state index contributed by atoms with van der Waals surface area (Å²) in [4.78, 5) is 58.6. The number of carbonyl (C=O) groups excluding carboxylic acids is 3. The van der Waals surface area contributed by atoms with E-state index in [4.69, 9.17) is 32.3 Å². The molecule has 0 bridgehead atoms. The molecule has 0 saturated heterocycles. The molecule has 0 aliphatic heterocycles. The molecule has 590 valence electrons. The highest BCUT2D eigenvalue weighted by Crippen LogP contribution is 2.45. The minimum atomic E-state index is -4.94. The van der Waals surface area contributed by atoms with Crippen molar-refractivity contribution in [3.05, 3.63) is 146 Å². The van der Waals surface area contributed by atoms with Crippen molar-refractivity contribution < 1.29 is 75.8 Å². The Hall–Kier alpha value is -4.57. The smallest absolute Gasteiger partial charge is 0.463 e. The summed E-state index contributed by atoms with van der Waals surface area (Å²) in [7, 11) is -9.80. The molecular weight excluding hydrogens is 1340 g/mol. The van der Waals surface area contributed by atoms with E-state index in [1.807, 2.05) is 0 Å². The van der Waals surface area contributed by atoms with E-state index in [-0.39, 0.29) is 19.3 Å². The molecule has 18 heteroatoms. The molecule has 0 radical (unpaired) electrons. The zero-order valence-electron chi connectivity index (χ0n) is 64.4. The van der Waals surface area contributed by atoms with Crippen molar-refractivity contribution in [1.29, 1.82) is 0 Å². The second-order valence-corrected chi connectivity index (χ2v) is 29.4. The van der Waals surface area contributed by atoms with E-state index in [1.54, 1.807) is 0 Å². The van der Waals surface area contributed by atoms with E-state index in [1.165, 1.54) is 83.5 Å². The van der Waals surface area contributed by atoms with Crippen LogP contribution in [0.15, 0.2) is 146 Å². The van der Waals surface area contributed by atoms with Gasteiger partial charge in [0.15, 0.2) is 6.10 Å². The monoisotopic (exact) mass is 1480 g/mol. The number of hydrogen-bond acceptors (Lipinski definition) is 14. The van der Waals surface area contributed by atoms with Crippen LogP contribution in [0.4, 0.5) is 0 Å². The average molecular weight is 1480 g/mol. The van der Waals surface area contributed by atoms with Gasteiger partial charge in [0.1, 0.15) is 25.4 Å². The largest absolute Gasteiger partial charge is 0.472 e. The summed E-state index contributed by atoms with van der Waals surface area (Å²) < 4.78 is 61.1. The maximum absolute atomic E-state index is 13.0. The van der Waals surface area contributed by atoms with E-state index in [0.29, 0.717) is 19.3 Å². The van der Waals surface area contributed by atoms with Gasteiger partial charge in [0, 0.05) is 19.3 Å². The van der Waals surface area contributed by atoms with Crippen LogP contribution in [0.3, 0.4) is 0 Å². The van der Waals surface area contributed by atoms with E-state index in [0.717, 1.165) is 173 Å². The summed E-state index contributed by atoms with van der Waals surface area (Å²) in [6.07, 6.45) is 94.7. The molecule has 0 fully saturated rings. The van der Waals surface area contributed by atoms with Crippen LogP contribution in [-0.4, -0.2) is 95.9 Å². The molecule has 16 nitrogen and oxygen atoms in total. The highest BCUT2D eigenvalue weighted by atomic mass is 31.2. The zero-order chi connectivity index (χ0) is 75.2. The fourth-order valence-electron chi connectivity index (χ4n) is 10.5. The number of esters is 3. The number of carbonyl (C=O) groups is 3. The van der Waals surface area contributed by atoms with Crippen LogP contribution >= 0.6 is 15.6 Å². The zero-order valence-corrected chi connectivity index (χ0v) is 66.2. The summed E-state index contributed by atoms with van der Waals surface area (Å²) in [6, 6.07) is 0. The van der Waals surface area contributed by atoms with Crippen LogP contribution in [0.25, 0.3) is 0 Å². The van der Waals surface area contributed by atoms with Crippen molar-refractivity contribution in [2.24, 2.45) is 0 Å². The Morgan fingerprint density at radius 1 is 0.282 bits per heavy atom. The summed E-state index contributed by atoms with van der Waals surface area (Å²) >= 11 is 0. The molecule has 103 heavy (non-hydrogen) atoms. The SMILES string of the molecule is CC/C=C\C/C=C\C/C=C\C/C=C\C/C=C\C/C=C\CCCCCCCCCCCCCCCCC(=O)OCC(O)COP(=O)(O)OCC(O)COP(=O)(O)OCC(COC(=O)CCCCCCCC/C=C\C/C=C\C/C=C\CCCCC)OC(=O)CCCCCCC/C=C\C/C=C\C/C=C\CC. The highest BCUT2D eigenvalue weighted by molar-refractivity contribution is 7.47. The van der Waals surface area contributed by atoms with Gasteiger partial charge in [-0.25, -0.2) is 9.13 Å². The Labute approximate surface area is 626 Å². The topological polar surface area (TPSA) is 231 Å². The van der Waals surface area contributed by atoms with Gasteiger partial charge in [-0.1, -0.05) is 301 Å². The molecule has 0 heterocycles. The number of unbranched alkanes of at least 4 members (excludes halogenated alkanes) is 28. The molecule has 0 aromatic heterocycles. The predicted molar refractivity (Wildman–Crippen MR) is 426 cm³/mol. The maximum Gasteiger partial charge on any atom is 0.472 e. The van der Waals surface area contributed by atoms with E-state index < -0.39 is 91.5 Å². The number of rotatable bonds is 75. The molecule has 0 aliphatic rings. The van der Waals surface area contributed by atoms with E-state index in [2.05, 4.69) is 167 Å². The van der Waals surface area contributed by atoms with Crippen LogP contribution in [0.1, 0.15) is 316 Å². The van der Waals surface area contributed by atoms with Crippen molar-refractivity contribution in [2.45, 2.75) is 334 Å². The summed E-state index contributed by atoms with van der Waals surface area (Å²) in [5, 5.41) is 20.6. The van der Waals surface area contributed by atoms with Gasteiger partial charge in [0.25, 0.3) is 0 Å². The first kappa shape index (κ1) is 98.4. The molecular formula is C85H144O16P2. The van der Waals surface area contributed by atoms with Gasteiger partial charge in [0.05, 0.1) is 26.4 Å². The normalized spacial score (nSPS) is 14.7. The van der Waals surface area contributed by atoms with Crippen LogP contribution < -0.4 is 0 Å². The predicted octanol–water partition coefficient (Wildman–Crippen LogP) is 23.7. The summed E-state index contributed by atoms with van der Waals surface area (Å²) in [5.41, 5.74) is 0. The maximum atomic E-state index is 13.0. The van der Waals surface area contributed by atoms with Crippen molar-refractivity contribution in [3.8, 4) is 0 Å². The Morgan fingerprint density at radius 2 is 0.515 bits per heavy atom. The first-order chi connectivity index (χ1) is 50.2. The molecule has 0 aromatic rings. The standard InChI is InChI=1S/C85H144O16P2/c1-4-7-10-13-16-19-22-25-28-30-32-33-34-35-36-37-38-39-40-41-42-43-44-45-47-49-51-53-56-59-62-65-68-71-83(88)95-74-80(86)75-97-102(91,92)98-76-81(87)77-99-103(93,94)100-79-82(101-85(90)73-70-67-64-61-58-55-50-27-24-21-18-15-12-9-6-3)78-96-84(89)72-69-66-63-60-57-54-52-48-46-31-29-26-23-20-17-14-11-8-5-2/h7,9-10,12,16-21,25-29,32-33,35-36,38-39,46,48,50,80-82,86-87H,4-6,8,11,13-15,22-24,30-31,34,37,40-45,47,49,51-79H2,1-3H3,(H,91,92)(H,93,94)/b10-7-,12-9-,19-16-,20-17-,21-18-,28-25-,29-26-,33-32-,36-35-,39-38-,48-46-,50-27-. The average Bonchev–Trinajstić information content (AvgIpc) is 0.916. The molecule has 0 amide bonds. The summed E-state index contributed by atoms with van der Waals surface area (Å²) in [6.45, 7) is 2.40. The molecule has 5 atom stereocenters. The lowest BCUT2D eigenvalue weighted by Crippen LogP contribution is -2.30. The van der Waals surface area contributed by atoms with Crippen molar-refractivity contribution in [1.82, 2.24) is 0 Å². The van der Waals surface area contributed by atoms with Crippen LogP contribution in [0, 0.1) is 0 Å². The molecule has 0 aromatic carbocycles. The number of phosphoric ester groups is 2. The van der Waals surface area contributed by atoms with Crippen LogP contribution in [0.5, 0.6) is 0 Å². The molecule has 0 rings (SSSR count). The minimum Gasteiger partial charge on any atom is -0.463 e. The molecule has 0 saturated carbocycles. The molecule has 5 unspecified atom stereocenters. The van der Waals surface area contributed by atoms with Gasteiger partial charge >= 0.3 is 33.6 Å². The van der Waals surface area contributed by atoms with E-state index in [9.17, 15) is 43.5 Å². The Bertz CT molecular complexity index is 2450. The molecule has 4 N–H and O–H groups in total. The van der Waals surface area contributed by atoms with Gasteiger partial charge in [-0.3, -0.25) is 32.5 Å². The lowest BCUT2D eigenvalue weighted by atomic mass is 10.0. The number of phosphoric acid groups is 2. The molecule has 0 aliphatic carbocycles. The van der Waals surface area contributed by atoms with Crippen molar-refractivity contribution in [3.63, 3.8) is 0 Å². The molecule has 0 spiro atoms. The Morgan fingerprint density at radius 3 is 0.816 bits per heavy atom. The Kier molecular flexibility index (Phi) is 73.6. The quantitative estimate of drug-likeness (QED) is 0.0146. The lowest BCUT2D eigenvalue weighted by Gasteiger charge is -2.21. The minimum absolute atomic E-state index is 0.0794. The third-order valence-corrected chi connectivity index (χ3v) is 18.4. The first-order valence-corrected chi connectivity index (χ1v) is 43.1. The third kappa shape index (κ3) is 78.3. The number of aliphatic hydroxyl groups is 2. The number of allylic oxidation sites excluding steroid dienone is 24. The van der Waals surface area contributed by atoms with Gasteiger partial charge < -0.3 is 34.2 Å². The van der Waals surface area contributed by atoms with Gasteiger partial charge in [-0.05, 0) is 141 Å². The van der Waals surface area contributed by atoms with Gasteiger partial charge in [0.2, 0.25) is 0 Å². The second kappa shape index (κ2) is 77.1. The summed E-state index contributed by atoms with van der Waals surface area (Å²) in [5.74, 6) is -1.61. The number of hydrogen-bond donors (Lipinski definition) is 4. The van der Waals surface area contributed by atoms with Crippen LogP contribution in [0.2, 0.25) is 0 Å². The second-order valence-electron chi connectivity index (χ2n) is 26.5. The van der Waals surface area contributed by atoms with Crippen LogP contribution in [-0.2, 0) is 55.8 Å². The third-order valence-electron chi connectivity index (χ3n) is 16.5. The van der Waals surface area contributed by atoms with Gasteiger partial charge in [-0.15, -0.1) is 0 Å². The fourth-order valence-corrected chi connectivity index (χ4v) is 12.1. The first-order valence-electron chi connectivity index (χ1n) is 40.1. The van der Waals surface area contributed by atoms with Crippen molar-refractivity contribution >= 4 is 33.6 Å². The van der Waals surface area contributed by atoms with Gasteiger partial charge in [-0.2, -0.15) is 0 Å². The Balaban J connectivity index is 4.47. The lowest BCUT2D eigenvalue weighted by molar-refractivity contribution is -0.161. The fraction of sp³-hybridized carbons (Fsp3) is 0.682. The number of ether oxygens (including phenoxy) is 3. The van der Waals surface area contributed by atoms with Crippen molar-refractivity contribution in [2.75, 3.05) is 39.6 Å². The highest BCUT2D eigenvalue weighted by Gasteiger charge is 2.29.